The number of rotatable bonds is 10. The van der Waals surface area contributed by atoms with Crippen molar-refractivity contribution in [2.24, 2.45) is 0 Å². The van der Waals surface area contributed by atoms with Crippen molar-refractivity contribution in [2.75, 3.05) is 37.0 Å². The molecule has 2 aromatic carbocycles. The third-order valence-electron chi connectivity index (χ3n) is 5.48. The van der Waals surface area contributed by atoms with Gasteiger partial charge in [0.25, 0.3) is 0 Å². The number of sulfonamides is 1. The summed E-state index contributed by atoms with van der Waals surface area (Å²) in [5.41, 5.74) is 2.24. The monoisotopic (exact) mass is 461 g/mol. The second-order valence-electron chi connectivity index (χ2n) is 7.79. The molecule has 0 saturated carbocycles. The van der Waals surface area contributed by atoms with Gasteiger partial charge in [-0.05, 0) is 55.0 Å². The number of carbonyl (C=O) groups is 1. The first kappa shape index (κ1) is 23.6. The minimum atomic E-state index is -3.78. The molecular formula is C23H31N3O3S2. The summed E-state index contributed by atoms with van der Waals surface area (Å²) in [6.07, 6.45) is 4.75. The first-order valence-corrected chi connectivity index (χ1v) is 13.4. The van der Waals surface area contributed by atoms with Crippen LogP contribution in [0.4, 0.5) is 5.69 Å². The molecule has 6 nitrogen and oxygen atoms in total. The number of likely N-dealkylation sites (N-methyl/N-ethyl adjacent to an activating group) is 1. The van der Waals surface area contributed by atoms with E-state index in [2.05, 4.69) is 15.7 Å². The van der Waals surface area contributed by atoms with Crippen molar-refractivity contribution in [1.29, 1.82) is 0 Å². The number of nitrogens with zero attached hydrogens (tertiary/aromatic N) is 2. The molecule has 2 aromatic rings. The van der Waals surface area contributed by atoms with E-state index < -0.39 is 16.1 Å². The minimum Gasteiger partial charge on any atom is -0.371 e. The molecule has 3 rings (SSSR count). The highest BCUT2D eigenvalue weighted by Gasteiger charge is 2.28. The van der Waals surface area contributed by atoms with Crippen LogP contribution in [0.15, 0.2) is 59.5 Å². The summed E-state index contributed by atoms with van der Waals surface area (Å²) in [6, 6.07) is 15.5. The van der Waals surface area contributed by atoms with E-state index in [1.807, 2.05) is 24.5 Å². The fourth-order valence-electron chi connectivity index (χ4n) is 3.83. The standard InChI is InChI=1S/C23H31N3O3S2/c1-25(18-19-10-6-7-13-22(19)26-15-8-9-16-26)23(27)21(14-17-30-2)24-31(28,29)20-11-4-3-5-12-20/h3-7,10-13,21,24H,8-9,14-18H2,1-2H3. The van der Waals surface area contributed by atoms with E-state index in [-0.39, 0.29) is 10.8 Å². The lowest BCUT2D eigenvalue weighted by molar-refractivity contribution is -0.132. The van der Waals surface area contributed by atoms with E-state index in [4.69, 9.17) is 0 Å². The van der Waals surface area contributed by atoms with Crippen molar-refractivity contribution in [3.63, 3.8) is 0 Å². The van der Waals surface area contributed by atoms with Crippen molar-refractivity contribution in [1.82, 2.24) is 9.62 Å². The molecule has 1 aliphatic rings. The number of nitrogens with one attached hydrogen (secondary N) is 1. The molecule has 1 amide bonds. The van der Waals surface area contributed by atoms with Crippen molar-refractivity contribution in [2.45, 2.75) is 36.7 Å². The van der Waals surface area contributed by atoms with Gasteiger partial charge in [0.2, 0.25) is 15.9 Å². The van der Waals surface area contributed by atoms with Crippen LogP contribution < -0.4 is 9.62 Å². The quantitative estimate of drug-likeness (QED) is 0.588. The first-order valence-electron chi connectivity index (χ1n) is 10.6. The van der Waals surface area contributed by atoms with Gasteiger partial charge >= 0.3 is 0 Å². The zero-order valence-electron chi connectivity index (χ0n) is 18.2. The van der Waals surface area contributed by atoms with Crippen LogP contribution in [0.5, 0.6) is 0 Å². The molecule has 0 spiro atoms. The molecule has 0 radical (unpaired) electrons. The number of anilines is 1. The second kappa shape index (κ2) is 11.0. The van der Waals surface area contributed by atoms with Gasteiger partial charge in [-0.15, -0.1) is 0 Å². The first-order chi connectivity index (χ1) is 14.9. The lowest BCUT2D eigenvalue weighted by Crippen LogP contribution is -2.47. The Labute approximate surface area is 190 Å². The van der Waals surface area contributed by atoms with Crippen LogP contribution in [0, 0.1) is 0 Å². The largest absolute Gasteiger partial charge is 0.371 e. The molecule has 0 bridgehead atoms. The molecule has 31 heavy (non-hydrogen) atoms. The normalized spacial score (nSPS) is 15.1. The summed E-state index contributed by atoms with van der Waals surface area (Å²) in [4.78, 5) is 17.4. The van der Waals surface area contributed by atoms with E-state index in [0.717, 1.165) is 24.3 Å². The summed E-state index contributed by atoms with van der Waals surface area (Å²) in [6.45, 7) is 2.50. The number of hydrogen-bond donors (Lipinski definition) is 1. The highest BCUT2D eigenvalue weighted by Crippen LogP contribution is 2.25. The molecule has 1 aliphatic heterocycles. The lowest BCUT2D eigenvalue weighted by atomic mass is 10.1. The molecule has 8 heteroatoms. The van der Waals surface area contributed by atoms with E-state index >= 15 is 0 Å². The number of thioether (sulfide) groups is 1. The van der Waals surface area contributed by atoms with Gasteiger partial charge in [0.15, 0.2) is 0 Å². The Hall–Kier alpha value is -2.03. The average molecular weight is 462 g/mol. The number of amides is 1. The molecule has 1 heterocycles. The van der Waals surface area contributed by atoms with E-state index in [9.17, 15) is 13.2 Å². The molecule has 0 aliphatic carbocycles. The zero-order chi connectivity index (χ0) is 22.3. The van der Waals surface area contributed by atoms with Gasteiger partial charge in [0.1, 0.15) is 6.04 Å². The third-order valence-corrected chi connectivity index (χ3v) is 7.61. The molecule has 1 atom stereocenters. The van der Waals surface area contributed by atoms with Gasteiger partial charge < -0.3 is 9.80 Å². The Balaban J connectivity index is 1.75. The van der Waals surface area contributed by atoms with Gasteiger partial charge in [-0.2, -0.15) is 16.5 Å². The second-order valence-corrected chi connectivity index (χ2v) is 10.5. The number of para-hydroxylation sites is 1. The van der Waals surface area contributed by atoms with Gasteiger partial charge in [0, 0.05) is 32.4 Å². The van der Waals surface area contributed by atoms with Gasteiger partial charge in [-0.1, -0.05) is 36.4 Å². The maximum atomic E-state index is 13.3. The summed E-state index contributed by atoms with van der Waals surface area (Å²) >= 11 is 1.59. The van der Waals surface area contributed by atoms with Crippen LogP contribution in [0.3, 0.4) is 0 Å². The molecule has 1 unspecified atom stereocenters. The van der Waals surface area contributed by atoms with Crippen molar-refractivity contribution < 1.29 is 13.2 Å². The van der Waals surface area contributed by atoms with E-state index in [1.165, 1.54) is 25.0 Å². The van der Waals surface area contributed by atoms with Gasteiger partial charge in [-0.3, -0.25) is 4.79 Å². The fraction of sp³-hybridized carbons (Fsp3) is 0.435. The van der Waals surface area contributed by atoms with Crippen LogP contribution in [0.25, 0.3) is 0 Å². The van der Waals surface area contributed by atoms with E-state index in [0.29, 0.717) is 18.7 Å². The van der Waals surface area contributed by atoms with E-state index in [1.54, 1.807) is 41.9 Å². The van der Waals surface area contributed by atoms with Crippen LogP contribution in [-0.4, -0.2) is 57.4 Å². The maximum Gasteiger partial charge on any atom is 0.241 e. The topological polar surface area (TPSA) is 69.7 Å². The third kappa shape index (κ3) is 6.24. The summed E-state index contributed by atoms with van der Waals surface area (Å²) in [5.74, 6) is 0.469. The molecular weight excluding hydrogens is 430 g/mol. The number of hydrogen-bond acceptors (Lipinski definition) is 5. The molecule has 1 saturated heterocycles. The van der Waals surface area contributed by atoms with Gasteiger partial charge in [-0.25, -0.2) is 8.42 Å². The molecule has 1 fully saturated rings. The fourth-order valence-corrected chi connectivity index (χ4v) is 5.55. The Kier molecular flexibility index (Phi) is 8.40. The number of benzene rings is 2. The smallest absolute Gasteiger partial charge is 0.241 e. The predicted molar refractivity (Wildman–Crippen MR) is 128 cm³/mol. The van der Waals surface area contributed by atoms with Crippen LogP contribution in [0.2, 0.25) is 0 Å². The Morgan fingerprint density at radius 1 is 1.10 bits per heavy atom. The van der Waals surface area contributed by atoms with Crippen LogP contribution >= 0.6 is 11.8 Å². The highest BCUT2D eigenvalue weighted by molar-refractivity contribution is 7.98. The molecule has 168 valence electrons. The summed E-state index contributed by atoms with van der Waals surface area (Å²) in [5, 5.41) is 0. The Bertz CT molecular complexity index is 961. The Morgan fingerprint density at radius 3 is 2.42 bits per heavy atom. The van der Waals surface area contributed by atoms with Crippen LogP contribution in [0.1, 0.15) is 24.8 Å². The van der Waals surface area contributed by atoms with Crippen molar-refractivity contribution in [3.8, 4) is 0 Å². The van der Waals surface area contributed by atoms with Crippen molar-refractivity contribution in [3.05, 3.63) is 60.2 Å². The maximum absolute atomic E-state index is 13.3. The molecule has 1 N–H and O–H groups in total. The SMILES string of the molecule is CSCCC(NS(=O)(=O)c1ccccc1)C(=O)N(C)Cc1ccccc1N1CCCC1. The Morgan fingerprint density at radius 2 is 1.74 bits per heavy atom. The van der Waals surface area contributed by atoms with Crippen molar-refractivity contribution >= 4 is 33.4 Å². The van der Waals surface area contributed by atoms with Crippen LogP contribution in [-0.2, 0) is 21.4 Å². The summed E-state index contributed by atoms with van der Waals surface area (Å²) < 4.78 is 28.3. The molecule has 0 aromatic heterocycles. The highest BCUT2D eigenvalue weighted by atomic mass is 32.2. The lowest BCUT2D eigenvalue weighted by Gasteiger charge is -2.27. The zero-order valence-corrected chi connectivity index (χ0v) is 19.8. The predicted octanol–water partition coefficient (Wildman–Crippen LogP) is 3.35. The van der Waals surface area contributed by atoms with Gasteiger partial charge in [0.05, 0.1) is 4.90 Å². The average Bonchev–Trinajstić information content (AvgIpc) is 3.32. The minimum absolute atomic E-state index is 0.166. The summed E-state index contributed by atoms with van der Waals surface area (Å²) in [7, 11) is -2.04. The number of carbonyl (C=O) groups excluding carboxylic acids is 1.